The van der Waals surface area contributed by atoms with E-state index in [0.717, 1.165) is 5.92 Å². The minimum atomic E-state index is 0.532. The molecule has 1 aliphatic rings. The highest BCUT2D eigenvalue weighted by Gasteiger charge is 2.20. The quantitative estimate of drug-likeness (QED) is 0.457. The van der Waals surface area contributed by atoms with Gasteiger partial charge in [-0.3, -0.25) is 0 Å². The van der Waals surface area contributed by atoms with Gasteiger partial charge < -0.3 is 0 Å². The lowest BCUT2D eigenvalue weighted by Gasteiger charge is -2.26. The number of unbranched alkanes of at least 4 members (excludes halogenated alkanes) is 3. The Morgan fingerprint density at radius 3 is 2.30 bits per heavy atom. The third kappa shape index (κ3) is 4.41. The molecule has 1 saturated carbocycles. The molecule has 0 heteroatoms. The molecule has 1 aromatic rings. The lowest BCUT2D eigenvalue weighted by molar-refractivity contribution is 0.385. The summed E-state index contributed by atoms with van der Waals surface area (Å²) in [4.78, 5) is 0. The van der Waals surface area contributed by atoms with E-state index in [0.29, 0.717) is 5.92 Å². The standard InChI is InChI=1S/C20H28/c1-3-5-6-7-8-18-11-15-20(16-12-18)19-13-9-17(4-2)10-14-19/h2,11-12,15-17,19H,3,5-10,13-14H2,1H3. The van der Waals surface area contributed by atoms with Crippen molar-refractivity contribution in [1.29, 1.82) is 0 Å². The smallest absolute Gasteiger partial charge is 0.0200 e. The first-order valence-corrected chi connectivity index (χ1v) is 8.38. The topological polar surface area (TPSA) is 0 Å². The van der Waals surface area contributed by atoms with Gasteiger partial charge in [-0.25, -0.2) is 0 Å². The second-order valence-corrected chi connectivity index (χ2v) is 6.27. The molecule has 1 aromatic carbocycles. The van der Waals surface area contributed by atoms with E-state index in [1.54, 1.807) is 0 Å². The van der Waals surface area contributed by atoms with Crippen LogP contribution in [0.25, 0.3) is 0 Å². The molecule has 2 rings (SSSR count). The molecule has 0 bridgehead atoms. The van der Waals surface area contributed by atoms with Gasteiger partial charge in [0.25, 0.3) is 0 Å². The van der Waals surface area contributed by atoms with Crippen molar-refractivity contribution in [3.05, 3.63) is 35.4 Å². The summed E-state index contributed by atoms with van der Waals surface area (Å²) in [6, 6.07) is 9.40. The number of benzene rings is 1. The highest BCUT2D eigenvalue weighted by molar-refractivity contribution is 5.26. The van der Waals surface area contributed by atoms with Crippen LogP contribution in [0.2, 0.25) is 0 Å². The van der Waals surface area contributed by atoms with Crippen LogP contribution in [0, 0.1) is 18.3 Å². The van der Waals surface area contributed by atoms with Gasteiger partial charge in [0, 0.05) is 5.92 Å². The summed E-state index contributed by atoms with van der Waals surface area (Å²) < 4.78 is 0. The van der Waals surface area contributed by atoms with Crippen molar-refractivity contribution in [1.82, 2.24) is 0 Å². The Balaban J connectivity index is 1.81. The van der Waals surface area contributed by atoms with Crippen LogP contribution in [0.4, 0.5) is 0 Å². The largest absolute Gasteiger partial charge is 0.120 e. The number of rotatable bonds is 6. The first-order chi connectivity index (χ1) is 9.83. The van der Waals surface area contributed by atoms with Crippen molar-refractivity contribution in [2.24, 2.45) is 5.92 Å². The third-order valence-electron chi connectivity index (χ3n) is 4.73. The van der Waals surface area contributed by atoms with Crippen LogP contribution in [-0.2, 0) is 6.42 Å². The molecule has 0 atom stereocenters. The Kier molecular flexibility index (Phi) is 6.19. The molecule has 0 nitrogen and oxygen atoms in total. The fourth-order valence-corrected chi connectivity index (χ4v) is 3.31. The lowest BCUT2D eigenvalue weighted by atomic mass is 9.79. The highest BCUT2D eigenvalue weighted by Crippen LogP contribution is 2.35. The molecule has 0 aliphatic heterocycles. The second kappa shape index (κ2) is 8.15. The summed E-state index contributed by atoms with van der Waals surface area (Å²) in [5, 5.41) is 0. The van der Waals surface area contributed by atoms with Crippen molar-refractivity contribution in [2.45, 2.75) is 70.6 Å². The van der Waals surface area contributed by atoms with Crippen LogP contribution in [0.15, 0.2) is 24.3 Å². The van der Waals surface area contributed by atoms with Gasteiger partial charge in [0.2, 0.25) is 0 Å². The number of hydrogen-bond acceptors (Lipinski definition) is 0. The second-order valence-electron chi connectivity index (χ2n) is 6.27. The average Bonchev–Trinajstić information content (AvgIpc) is 2.52. The average molecular weight is 268 g/mol. The van der Waals surface area contributed by atoms with Gasteiger partial charge in [0.1, 0.15) is 0 Å². The fourth-order valence-electron chi connectivity index (χ4n) is 3.31. The molecular formula is C20H28. The number of aryl methyl sites for hydroxylation is 1. The third-order valence-corrected chi connectivity index (χ3v) is 4.73. The van der Waals surface area contributed by atoms with Gasteiger partial charge >= 0.3 is 0 Å². The van der Waals surface area contributed by atoms with Gasteiger partial charge in [-0.1, -0.05) is 50.5 Å². The Morgan fingerprint density at radius 2 is 1.70 bits per heavy atom. The molecule has 108 valence electrons. The van der Waals surface area contributed by atoms with E-state index in [1.165, 1.54) is 68.9 Å². The molecule has 0 N–H and O–H groups in total. The van der Waals surface area contributed by atoms with E-state index in [-0.39, 0.29) is 0 Å². The Morgan fingerprint density at radius 1 is 1.00 bits per heavy atom. The van der Waals surface area contributed by atoms with Crippen molar-refractivity contribution >= 4 is 0 Å². The Bertz CT molecular complexity index is 412. The van der Waals surface area contributed by atoms with E-state index < -0.39 is 0 Å². The summed E-state index contributed by atoms with van der Waals surface area (Å²) in [6.07, 6.45) is 17.1. The molecular weight excluding hydrogens is 240 g/mol. The summed E-state index contributed by atoms with van der Waals surface area (Å²) in [5.41, 5.74) is 3.03. The van der Waals surface area contributed by atoms with Gasteiger partial charge in [-0.2, -0.15) is 0 Å². The van der Waals surface area contributed by atoms with Crippen LogP contribution in [-0.4, -0.2) is 0 Å². The highest BCUT2D eigenvalue weighted by atomic mass is 14.2. The van der Waals surface area contributed by atoms with E-state index in [4.69, 9.17) is 6.42 Å². The molecule has 1 aliphatic carbocycles. The molecule has 0 aromatic heterocycles. The minimum Gasteiger partial charge on any atom is -0.120 e. The van der Waals surface area contributed by atoms with Crippen LogP contribution in [0.3, 0.4) is 0 Å². The van der Waals surface area contributed by atoms with E-state index in [9.17, 15) is 0 Å². The molecule has 20 heavy (non-hydrogen) atoms. The summed E-state index contributed by atoms with van der Waals surface area (Å²) in [5.74, 6) is 4.19. The zero-order valence-corrected chi connectivity index (χ0v) is 12.9. The minimum absolute atomic E-state index is 0.532. The predicted octanol–water partition coefficient (Wildman–Crippen LogP) is 5.72. The molecule has 0 spiro atoms. The first-order valence-electron chi connectivity index (χ1n) is 8.38. The summed E-state index contributed by atoms with van der Waals surface area (Å²) in [6.45, 7) is 2.27. The summed E-state index contributed by atoms with van der Waals surface area (Å²) in [7, 11) is 0. The monoisotopic (exact) mass is 268 g/mol. The van der Waals surface area contributed by atoms with Crippen LogP contribution >= 0.6 is 0 Å². The fraction of sp³-hybridized carbons (Fsp3) is 0.600. The molecule has 0 radical (unpaired) electrons. The van der Waals surface area contributed by atoms with Crippen molar-refractivity contribution in [3.63, 3.8) is 0 Å². The molecule has 0 unspecified atom stereocenters. The maximum atomic E-state index is 5.53. The van der Waals surface area contributed by atoms with Crippen LogP contribution < -0.4 is 0 Å². The lowest BCUT2D eigenvalue weighted by Crippen LogP contribution is -2.11. The zero-order valence-electron chi connectivity index (χ0n) is 12.9. The predicted molar refractivity (Wildman–Crippen MR) is 87.8 cm³/mol. The molecule has 0 amide bonds. The van der Waals surface area contributed by atoms with Crippen LogP contribution in [0.1, 0.15) is 75.3 Å². The Labute approximate surface area is 125 Å². The van der Waals surface area contributed by atoms with E-state index in [2.05, 4.69) is 37.1 Å². The SMILES string of the molecule is C#CC1CCC(c2ccc(CCCCCC)cc2)CC1. The zero-order chi connectivity index (χ0) is 14.2. The summed E-state index contributed by atoms with van der Waals surface area (Å²) >= 11 is 0. The van der Waals surface area contributed by atoms with Gasteiger partial charge in [0.05, 0.1) is 0 Å². The first kappa shape index (κ1) is 15.2. The number of terminal acetylenes is 1. The van der Waals surface area contributed by atoms with Crippen molar-refractivity contribution in [2.75, 3.05) is 0 Å². The van der Waals surface area contributed by atoms with Gasteiger partial charge in [-0.05, 0) is 55.6 Å². The Hall–Kier alpha value is -1.22. The number of hydrogen-bond donors (Lipinski definition) is 0. The maximum Gasteiger partial charge on any atom is 0.0200 e. The van der Waals surface area contributed by atoms with Crippen LogP contribution in [0.5, 0.6) is 0 Å². The van der Waals surface area contributed by atoms with E-state index in [1.807, 2.05) is 0 Å². The van der Waals surface area contributed by atoms with E-state index >= 15 is 0 Å². The van der Waals surface area contributed by atoms with Gasteiger partial charge in [-0.15, -0.1) is 12.3 Å². The van der Waals surface area contributed by atoms with Crippen molar-refractivity contribution in [3.8, 4) is 12.3 Å². The normalized spacial score (nSPS) is 22.4. The van der Waals surface area contributed by atoms with Gasteiger partial charge in [0.15, 0.2) is 0 Å². The molecule has 1 fully saturated rings. The molecule has 0 heterocycles. The van der Waals surface area contributed by atoms with Crippen molar-refractivity contribution < 1.29 is 0 Å². The maximum absolute atomic E-state index is 5.53. The molecule has 0 saturated heterocycles.